The maximum atomic E-state index is 14.3. The van der Waals surface area contributed by atoms with Gasteiger partial charge in [0.05, 0.1) is 22.5 Å². The van der Waals surface area contributed by atoms with E-state index in [1.807, 2.05) is 37.3 Å². The van der Waals surface area contributed by atoms with Crippen LogP contribution in [-0.2, 0) is 4.79 Å². The summed E-state index contributed by atoms with van der Waals surface area (Å²) in [5, 5.41) is 6.34. The number of hydrogen-bond acceptors (Lipinski definition) is 5. The molecule has 7 rings (SSSR count). The molecule has 3 aromatic carbocycles. The number of nitrogens with one attached hydrogen (secondary N) is 1. The van der Waals surface area contributed by atoms with Gasteiger partial charge >= 0.3 is 0 Å². The zero-order chi connectivity index (χ0) is 23.4. The Kier molecular flexibility index (Phi) is 5.30. The van der Waals surface area contributed by atoms with Crippen molar-refractivity contribution in [1.82, 2.24) is 5.32 Å². The Morgan fingerprint density at radius 2 is 1.76 bits per heavy atom. The van der Waals surface area contributed by atoms with Crippen LogP contribution < -0.4 is 5.32 Å². The standard InChI is InChI=1S/C27H24FN3OS2/c1-27(13-20-16-8-4-6-10-19(16)23(27)30-24(20)33-2)25(32)31-26-29-22(14-34-26)18-11-12-21(28)17-9-5-3-7-15(17)18/h3-12,20,22-23H,13-14H2,1-2H3,(H,29,31,32). The minimum Gasteiger partial charge on any atom is -0.305 e. The third-order valence-corrected chi connectivity index (χ3v) is 9.09. The number of hydrogen-bond donors (Lipinski definition) is 1. The van der Waals surface area contributed by atoms with Gasteiger partial charge in [-0.25, -0.2) is 4.39 Å². The lowest BCUT2D eigenvalue weighted by Crippen LogP contribution is -2.50. The highest BCUT2D eigenvalue weighted by atomic mass is 32.2. The molecule has 4 atom stereocenters. The number of halogens is 1. The van der Waals surface area contributed by atoms with Crippen molar-refractivity contribution < 1.29 is 9.18 Å². The molecule has 3 aromatic rings. The summed E-state index contributed by atoms with van der Waals surface area (Å²) in [5.41, 5.74) is 2.81. The predicted molar refractivity (Wildman–Crippen MR) is 140 cm³/mol. The molecule has 0 radical (unpaired) electrons. The molecular formula is C27H24FN3OS2. The van der Waals surface area contributed by atoms with Crippen LogP contribution in [0.4, 0.5) is 4.39 Å². The molecule has 4 nitrogen and oxygen atoms in total. The smallest absolute Gasteiger partial charge is 0.234 e. The number of thioether (sulfide) groups is 2. The molecule has 1 amide bonds. The number of fused-ring (bicyclic) bond motifs is 2. The molecule has 0 saturated carbocycles. The van der Waals surface area contributed by atoms with Crippen molar-refractivity contribution in [2.45, 2.75) is 31.3 Å². The van der Waals surface area contributed by atoms with Crippen LogP contribution in [0.1, 0.15) is 48.0 Å². The van der Waals surface area contributed by atoms with Crippen molar-refractivity contribution in [2.24, 2.45) is 15.4 Å². The largest absolute Gasteiger partial charge is 0.305 e. The average molecular weight is 490 g/mol. The number of carbonyl (C=O) groups is 1. The molecule has 0 fully saturated rings. The van der Waals surface area contributed by atoms with E-state index < -0.39 is 5.41 Å². The van der Waals surface area contributed by atoms with E-state index in [9.17, 15) is 9.18 Å². The Hall–Kier alpha value is -2.64. The Bertz CT molecular complexity index is 1390. The molecule has 1 N–H and O–H groups in total. The van der Waals surface area contributed by atoms with E-state index in [0.29, 0.717) is 16.3 Å². The van der Waals surface area contributed by atoms with Crippen molar-refractivity contribution in [3.05, 3.63) is 83.2 Å². The minimum atomic E-state index is -0.637. The van der Waals surface area contributed by atoms with E-state index in [1.165, 1.54) is 11.6 Å². The zero-order valence-electron chi connectivity index (χ0n) is 18.9. The zero-order valence-corrected chi connectivity index (χ0v) is 20.5. The third-order valence-electron chi connectivity index (χ3n) is 7.32. The summed E-state index contributed by atoms with van der Waals surface area (Å²) >= 11 is 3.23. The van der Waals surface area contributed by atoms with Crippen molar-refractivity contribution >= 4 is 50.4 Å². The summed E-state index contributed by atoms with van der Waals surface area (Å²) in [6.45, 7) is 2.03. The van der Waals surface area contributed by atoms with Crippen LogP contribution >= 0.6 is 23.5 Å². The van der Waals surface area contributed by atoms with E-state index in [4.69, 9.17) is 9.98 Å². The molecule has 2 bridgehead atoms. The number of nitrogens with zero attached hydrogens (tertiary/aromatic N) is 2. The van der Waals surface area contributed by atoms with Gasteiger partial charge in [0.15, 0.2) is 5.17 Å². The van der Waals surface area contributed by atoms with Crippen LogP contribution in [0, 0.1) is 11.2 Å². The molecule has 4 aliphatic rings. The molecule has 3 aliphatic heterocycles. The van der Waals surface area contributed by atoms with Crippen molar-refractivity contribution in [3.8, 4) is 0 Å². The Morgan fingerprint density at radius 1 is 1.03 bits per heavy atom. The van der Waals surface area contributed by atoms with Gasteiger partial charge in [0.25, 0.3) is 0 Å². The molecule has 3 heterocycles. The van der Waals surface area contributed by atoms with Gasteiger partial charge in [-0.3, -0.25) is 14.8 Å². The number of carbonyl (C=O) groups excluding carboxylic acids is 1. The number of amidine groups is 1. The Labute approximate surface area is 206 Å². The van der Waals surface area contributed by atoms with Crippen molar-refractivity contribution in [2.75, 3.05) is 12.0 Å². The first-order valence-corrected chi connectivity index (χ1v) is 13.6. The highest BCUT2D eigenvalue weighted by Crippen LogP contribution is 2.56. The summed E-state index contributed by atoms with van der Waals surface area (Å²) in [6, 6.07) is 18.9. The molecular weight excluding hydrogens is 465 g/mol. The fraction of sp³-hybridized carbons (Fsp3) is 0.296. The maximum absolute atomic E-state index is 14.3. The number of rotatable bonds is 2. The van der Waals surface area contributed by atoms with E-state index in [1.54, 1.807) is 29.6 Å². The second-order valence-electron chi connectivity index (χ2n) is 9.27. The maximum Gasteiger partial charge on any atom is 0.234 e. The first-order chi connectivity index (χ1) is 16.5. The van der Waals surface area contributed by atoms with Gasteiger partial charge in [0.1, 0.15) is 5.82 Å². The summed E-state index contributed by atoms with van der Waals surface area (Å²) in [6.07, 6.45) is 2.80. The Morgan fingerprint density at radius 3 is 2.56 bits per heavy atom. The van der Waals surface area contributed by atoms with E-state index in [2.05, 4.69) is 29.8 Å². The molecule has 34 heavy (non-hydrogen) atoms. The van der Waals surface area contributed by atoms with Crippen LogP contribution in [0.25, 0.3) is 10.8 Å². The normalized spacial score (nSPS) is 27.3. The molecule has 7 heteroatoms. The van der Waals surface area contributed by atoms with E-state index >= 15 is 0 Å². The summed E-state index contributed by atoms with van der Waals surface area (Å²) < 4.78 is 14.3. The fourth-order valence-corrected chi connectivity index (χ4v) is 7.19. The lowest BCUT2D eigenvalue weighted by molar-refractivity contribution is -0.131. The van der Waals surface area contributed by atoms with Crippen LogP contribution in [0.2, 0.25) is 0 Å². The van der Waals surface area contributed by atoms with E-state index in [-0.39, 0.29) is 29.7 Å². The van der Waals surface area contributed by atoms with Crippen molar-refractivity contribution in [1.29, 1.82) is 0 Å². The first-order valence-electron chi connectivity index (χ1n) is 11.4. The van der Waals surface area contributed by atoms with Gasteiger partial charge in [-0.2, -0.15) is 0 Å². The lowest BCUT2D eigenvalue weighted by Gasteiger charge is -2.47. The highest BCUT2D eigenvalue weighted by Gasteiger charge is 2.53. The van der Waals surface area contributed by atoms with Crippen LogP contribution in [0.15, 0.2) is 70.6 Å². The van der Waals surface area contributed by atoms with Gasteiger partial charge in [-0.15, -0.1) is 11.8 Å². The van der Waals surface area contributed by atoms with Crippen LogP contribution in [0.3, 0.4) is 0 Å². The molecule has 0 saturated heterocycles. The van der Waals surface area contributed by atoms with Crippen LogP contribution in [-0.4, -0.2) is 28.1 Å². The number of aliphatic imine (C=N–C) groups is 2. The number of benzene rings is 3. The molecule has 1 aliphatic carbocycles. The third kappa shape index (κ3) is 3.32. The quantitative estimate of drug-likeness (QED) is 0.463. The van der Waals surface area contributed by atoms with Gasteiger partial charge in [-0.05, 0) is 47.7 Å². The SMILES string of the molecule is CSC1=NC2c3ccccc3C1CC2(C)C(=O)NC1=NC(c2ccc(F)c3ccccc23)CS1. The van der Waals surface area contributed by atoms with E-state index in [0.717, 1.165) is 28.0 Å². The summed E-state index contributed by atoms with van der Waals surface area (Å²) in [7, 11) is 0. The second kappa shape index (κ2) is 8.24. The second-order valence-corrected chi connectivity index (χ2v) is 11.1. The topological polar surface area (TPSA) is 53.8 Å². The lowest BCUT2D eigenvalue weighted by atomic mass is 9.62. The highest BCUT2D eigenvalue weighted by molar-refractivity contribution is 8.14. The van der Waals surface area contributed by atoms with Gasteiger partial charge < -0.3 is 5.32 Å². The van der Waals surface area contributed by atoms with Crippen molar-refractivity contribution in [3.63, 3.8) is 0 Å². The predicted octanol–water partition coefficient (Wildman–Crippen LogP) is 6.25. The fourth-order valence-electron chi connectivity index (χ4n) is 5.55. The monoisotopic (exact) mass is 489 g/mol. The summed E-state index contributed by atoms with van der Waals surface area (Å²) in [5.74, 6) is 0.611. The Balaban J connectivity index is 1.28. The molecule has 4 unspecified atom stereocenters. The summed E-state index contributed by atoms with van der Waals surface area (Å²) in [4.78, 5) is 23.5. The average Bonchev–Trinajstić information content (AvgIpc) is 3.33. The van der Waals surface area contributed by atoms with Gasteiger partial charge in [-0.1, -0.05) is 66.4 Å². The molecule has 172 valence electrons. The molecule has 0 spiro atoms. The van der Waals surface area contributed by atoms with Gasteiger partial charge in [0.2, 0.25) is 5.91 Å². The van der Waals surface area contributed by atoms with Gasteiger partial charge in [0, 0.05) is 17.1 Å². The minimum absolute atomic E-state index is 0.0308. The molecule has 0 aromatic heterocycles. The number of amides is 1. The first kappa shape index (κ1) is 21.9. The van der Waals surface area contributed by atoms with Crippen LogP contribution in [0.5, 0.6) is 0 Å².